The molecule has 1 N–H and O–H groups in total. The molecule has 138 valence electrons. The van der Waals surface area contributed by atoms with Crippen LogP contribution in [0.15, 0.2) is 30.6 Å². The van der Waals surface area contributed by atoms with Gasteiger partial charge in [-0.15, -0.1) is 0 Å². The van der Waals surface area contributed by atoms with Gasteiger partial charge in [0.1, 0.15) is 6.10 Å². The van der Waals surface area contributed by atoms with Gasteiger partial charge >= 0.3 is 6.03 Å². The van der Waals surface area contributed by atoms with E-state index in [4.69, 9.17) is 32.7 Å². The third kappa shape index (κ3) is 4.47. The zero-order valence-corrected chi connectivity index (χ0v) is 15.6. The zero-order chi connectivity index (χ0) is 18.5. The summed E-state index contributed by atoms with van der Waals surface area (Å²) >= 11 is 11.9. The minimum absolute atomic E-state index is 0.186. The summed E-state index contributed by atoms with van der Waals surface area (Å²) < 4.78 is 11.0. The fourth-order valence-electron chi connectivity index (χ4n) is 2.69. The number of likely N-dealkylation sites (tertiary alicyclic amines) is 1. The number of methoxy groups -OCH3 is 1. The molecule has 1 aromatic carbocycles. The Balaban J connectivity index is 1.62. The lowest BCUT2D eigenvalue weighted by Gasteiger charge is -2.32. The lowest BCUT2D eigenvalue weighted by molar-refractivity contribution is 0.0988. The van der Waals surface area contributed by atoms with Crippen molar-refractivity contribution >= 4 is 34.9 Å². The first kappa shape index (κ1) is 18.5. The summed E-state index contributed by atoms with van der Waals surface area (Å²) in [5.41, 5.74) is 0.586. The fraction of sp³-hybridized carbons (Fsp3) is 0.353. The number of hydrogen-bond donors (Lipinski definition) is 1. The van der Waals surface area contributed by atoms with Gasteiger partial charge in [-0.25, -0.2) is 14.8 Å². The second-order valence-electron chi connectivity index (χ2n) is 5.76. The Kier molecular flexibility index (Phi) is 6.00. The van der Waals surface area contributed by atoms with Crippen molar-refractivity contribution in [1.82, 2.24) is 14.9 Å². The first-order chi connectivity index (χ1) is 12.6. The number of nitrogens with one attached hydrogen (secondary N) is 1. The van der Waals surface area contributed by atoms with E-state index in [2.05, 4.69) is 15.3 Å². The molecule has 0 spiro atoms. The Morgan fingerprint density at radius 3 is 2.73 bits per heavy atom. The van der Waals surface area contributed by atoms with Crippen LogP contribution in [-0.4, -0.2) is 47.2 Å². The quantitative estimate of drug-likeness (QED) is 0.848. The number of ether oxygens (including phenoxy) is 2. The van der Waals surface area contributed by atoms with Gasteiger partial charge in [0, 0.05) is 24.6 Å². The number of rotatable bonds is 4. The molecule has 0 bridgehead atoms. The van der Waals surface area contributed by atoms with E-state index < -0.39 is 0 Å². The minimum Gasteiger partial charge on any atom is -0.477 e. The van der Waals surface area contributed by atoms with E-state index in [-0.39, 0.29) is 12.1 Å². The molecule has 26 heavy (non-hydrogen) atoms. The Morgan fingerprint density at radius 2 is 2.00 bits per heavy atom. The number of nitrogens with zero attached hydrogens (tertiary/aromatic N) is 3. The molecule has 1 unspecified atom stereocenters. The number of piperidine rings is 1. The first-order valence-corrected chi connectivity index (χ1v) is 8.85. The number of amides is 2. The maximum atomic E-state index is 12.5. The number of carbonyl (C=O) groups excluding carboxylic acids is 1. The third-order valence-corrected chi connectivity index (χ3v) is 4.68. The second-order valence-corrected chi connectivity index (χ2v) is 6.57. The lowest BCUT2D eigenvalue weighted by atomic mass is 10.1. The van der Waals surface area contributed by atoms with E-state index in [1.807, 2.05) is 0 Å². The van der Waals surface area contributed by atoms with E-state index in [1.54, 1.807) is 23.1 Å². The van der Waals surface area contributed by atoms with Gasteiger partial charge in [-0.2, -0.15) is 0 Å². The van der Waals surface area contributed by atoms with Crippen LogP contribution >= 0.6 is 23.2 Å². The number of halogens is 2. The first-order valence-electron chi connectivity index (χ1n) is 8.09. The van der Waals surface area contributed by atoms with Gasteiger partial charge in [-0.3, -0.25) is 0 Å². The van der Waals surface area contributed by atoms with Crippen LogP contribution in [-0.2, 0) is 0 Å². The number of anilines is 1. The van der Waals surface area contributed by atoms with Crippen LogP contribution in [0.5, 0.6) is 11.8 Å². The van der Waals surface area contributed by atoms with Crippen molar-refractivity contribution < 1.29 is 14.3 Å². The largest absolute Gasteiger partial charge is 0.477 e. The topological polar surface area (TPSA) is 76.6 Å². The molecule has 9 heteroatoms. The van der Waals surface area contributed by atoms with E-state index in [0.29, 0.717) is 40.6 Å². The van der Waals surface area contributed by atoms with E-state index in [9.17, 15) is 4.79 Å². The van der Waals surface area contributed by atoms with Crippen molar-refractivity contribution in [3.63, 3.8) is 0 Å². The monoisotopic (exact) mass is 396 g/mol. The van der Waals surface area contributed by atoms with Gasteiger partial charge in [0.15, 0.2) is 0 Å². The molecule has 0 aliphatic carbocycles. The highest BCUT2D eigenvalue weighted by atomic mass is 35.5. The summed E-state index contributed by atoms with van der Waals surface area (Å²) in [5, 5.41) is 3.65. The number of aromatic nitrogens is 2. The molecular weight excluding hydrogens is 379 g/mol. The van der Waals surface area contributed by atoms with Crippen molar-refractivity contribution in [3.8, 4) is 11.8 Å². The molecule has 2 amide bonds. The normalized spacial score (nSPS) is 16.9. The zero-order valence-electron chi connectivity index (χ0n) is 14.1. The molecule has 1 aliphatic rings. The molecular formula is C17H18Cl2N4O3. The molecule has 3 rings (SSSR count). The lowest BCUT2D eigenvalue weighted by Crippen LogP contribution is -2.46. The van der Waals surface area contributed by atoms with Crippen LogP contribution in [0.3, 0.4) is 0 Å². The average molecular weight is 397 g/mol. The van der Waals surface area contributed by atoms with Crippen LogP contribution in [0.4, 0.5) is 10.5 Å². The molecule has 1 aliphatic heterocycles. The third-order valence-electron chi connectivity index (χ3n) is 3.94. The molecule has 1 aromatic heterocycles. The van der Waals surface area contributed by atoms with Crippen molar-refractivity contribution in [2.75, 3.05) is 25.5 Å². The average Bonchev–Trinajstić information content (AvgIpc) is 2.65. The molecule has 1 fully saturated rings. The van der Waals surface area contributed by atoms with Gasteiger partial charge in [-0.1, -0.05) is 23.2 Å². The maximum absolute atomic E-state index is 12.5. The predicted octanol–water partition coefficient (Wildman–Crippen LogP) is 3.87. The summed E-state index contributed by atoms with van der Waals surface area (Å²) in [7, 11) is 1.51. The Labute approximate surface area is 161 Å². The molecule has 2 aromatic rings. The highest BCUT2D eigenvalue weighted by Crippen LogP contribution is 2.26. The smallest absolute Gasteiger partial charge is 0.321 e. The summed E-state index contributed by atoms with van der Waals surface area (Å²) in [6, 6.07) is 4.74. The van der Waals surface area contributed by atoms with Crippen molar-refractivity contribution in [3.05, 3.63) is 40.6 Å². The highest BCUT2D eigenvalue weighted by Gasteiger charge is 2.26. The molecule has 0 saturated carbocycles. The highest BCUT2D eigenvalue weighted by molar-refractivity contribution is 6.42. The van der Waals surface area contributed by atoms with Crippen LogP contribution < -0.4 is 14.8 Å². The van der Waals surface area contributed by atoms with E-state index in [0.717, 1.165) is 12.8 Å². The van der Waals surface area contributed by atoms with Crippen molar-refractivity contribution in [1.29, 1.82) is 0 Å². The molecule has 7 nitrogen and oxygen atoms in total. The van der Waals surface area contributed by atoms with E-state index in [1.165, 1.54) is 19.5 Å². The molecule has 1 saturated heterocycles. The SMILES string of the molecule is COc1nccnc1OC1CCCN(C(=O)Nc2ccc(Cl)c(Cl)c2)C1. The minimum atomic E-state index is -0.220. The summed E-state index contributed by atoms with van der Waals surface area (Å²) in [6.07, 6.45) is 4.52. The van der Waals surface area contributed by atoms with Crippen LogP contribution in [0, 0.1) is 0 Å². The fourth-order valence-corrected chi connectivity index (χ4v) is 2.98. The standard InChI is InChI=1S/C17H18Cl2N4O3/c1-25-15-16(21-7-6-20-15)26-12-3-2-8-23(10-12)17(24)22-11-4-5-13(18)14(19)9-11/h4-7,9,12H,2-3,8,10H2,1H3,(H,22,24). The number of benzene rings is 1. The van der Waals surface area contributed by atoms with Crippen molar-refractivity contribution in [2.24, 2.45) is 0 Å². The van der Waals surface area contributed by atoms with Gasteiger partial charge in [0.05, 0.1) is 23.7 Å². The molecule has 0 radical (unpaired) electrons. The summed E-state index contributed by atoms with van der Waals surface area (Å²) in [6.45, 7) is 1.08. The summed E-state index contributed by atoms with van der Waals surface area (Å²) in [4.78, 5) is 22.4. The Hall–Kier alpha value is -2.25. The Bertz CT molecular complexity index is 790. The predicted molar refractivity (Wildman–Crippen MR) is 99.3 cm³/mol. The second kappa shape index (κ2) is 8.42. The van der Waals surface area contributed by atoms with Gasteiger partial charge in [0.2, 0.25) is 0 Å². The van der Waals surface area contributed by atoms with Crippen LogP contribution in [0.25, 0.3) is 0 Å². The van der Waals surface area contributed by atoms with Crippen LogP contribution in [0.1, 0.15) is 12.8 Å². The molecule has 1 atom stereocenters. The van der Waals surface area contributed by atoms with Gasteiger partial charge in [0.25, 0.3) is 11.8 Å². The number of carbonyl (C=O) groups is 1. The van der Waals surface area contributed by atoms with Gasteiger partial charge < -0.3 is 19.7 Å². The van der Waals surface area contributed by atoms with Crippen LogP contribution in [0.2, 0.25) is 10.0 Å². The van der Waals surface area contributed by atoms with Gasteiger partial charge in [-0.05, 0) is 31.0 Å². The van der Waals surface area contributed by atoms with Crippen molar-refractivity contribution in [2.45, 2.75) is 18.9 Å². The van der Waals surface area contributed by atoms with E-state index >= 15 is 0 Å². The number of hydrogen-bond acceptors (Lipinski definition) is 5. The molecule has 2 heterocycles. The maximum Gasteiger partial charge on any atom is 0.321 e. The summed E-state index contributed by atoms with van der Waals surface area (Å²) in [5.74, 6) is 0.650. The Morgan fingerprint density at radius 1 is 1.23 bits per heavy atom. The number of urea groups is 1.